The number of hydrogen-bond acceptors (Lipinski definition) is 12. The molecule has 0 saturated carbocycles. The first-order chi connectivity index (χ1) is 31.2. The van der Waals surface area contributed by atoms with Crippen LogP contribution in [0.4, 0.5) is 0 Å². The first-order valence-corrected chi connectivity index (χ1v) is 22.2. The Morgan fingerprint density at radius 1 is 0.908 bits per heavy atom. The molecule has 0 aliphatic carbocycles. The summed E-state index contributed by atoms with van der Waals surface area (Å²) in [6.45, 7) is 7.72. The Balaban J connectivity index is 1.05. The van der Waals surface area contributed by atoms with Gasteiger partial charge in [-0.15, -0.1) is 0 Å². The van der Waals surface area contributed by atoms with Gasteiger partial charge in [-0.25, -0.2) is 4.98 Å². The molecule has 6 rings (SSSR count). The number of aliphatic hydroxyl groups excluding tert-OH is 2. The number of aliphatic hydroxyl groups is 2. The molecule has 2 fully saturated rings. The number of nitrogens with one attached hydrogen (secondary N) is 4. The number of hydrogen-bond donors (Lipinski definition) is 6. The first kappa shape index (κ1) is 48.6. The fourth-order valence-corrected chi connectivity index (χ4v) is 8.25. The Morgan fingerprint density at radius 2 is 1.58 bits per heavy atom. The van der Waals surface area contributed by atoms with Gasteiger partial charge >= 0.3 is 0 Å². The predicted octanol–water partition coefficient (Wildman–Crippen LogP) is 3.42. The number of likely N-dealkylation sites (tertiary alicyclic amines) is 2. The van der Waals surface area contributed by atoms with E-state index in [0.29, 0.717) is 28.7 Å². The molecule has 65 heavy (non-hydrogen) atoms. The van der Waals surface area contributed by atoms with Gasteiger partial charge in [0.25, 0.3) is 5.91 Å². The number of rotatable bonds is 20. The molecule has 1 aromatic heterocycles. The summed E-state index contributed by atoms with van der Waals surface area (Å²) in [4.78, 5) is 74.0. The molecule has 0 spiro atoms. The van der Waals surface area contributed by atoms with Crippen molar-refractivity contribution in [3.63, 3.8) is 0 Å². The van der Waals surface area contributed by atoms with Gasteiger partial charge in [0.05, 0.1) is 37.1 Å². The zero-order valence-corrected chi connectivity index (χ0v) is 37.7. The molecule has 17 nitrogen and oxygen atoms in total. The number of β-amino-alcohol motifs (C(OH)–C–C–N with tert-alkyl or cyclic N) is 1. The molecule has 2 aliphatic rings. The van der Waals surface area contributed by atoms with Gasteiger partial charge in [-0.3, -0.25) is 28.9 Å². The normalized spacial score (nSPS) is 20.3. The number of halogens is 1. The molecule has 2 unspecified atom stereocenters. The van der Waals surface area contributed by atoms with E-state index in [4.69, 9.17) is 25.5 Å². The monoisotopic (exact) mass is 915 g/mol. The number of carbonyl (C=O) groups excluding carboxylic acids is 5. The number of oxazole rings is 1. The summed E-state index contributed by atoms with van der Waals surface area (Å²) in [7, 11) is 0. The highest BCUT2D eigenvalue weighted by molar-refractivity contribution is 6.30. The molecule has 3 aromatic carbocycles. The van der Waals surface area contributed by atoms with E-state index >= 15 is 0 Å². The van der Waals surface area contributed by atoms with Crippen molar-refractivity contribution in [2.45, 2.75) is 103 Å². The summed E-state index contributed by atoms with van der Waals surface area (Å²) in [5.74, 6) is -1.22. The molecule has 6 N–H and O–H groups in total. The molecular formula is C47H58ClN7O10. The fraction of sp³-hybridized carbons (Fsp3) is 0.447. The van der Waals surface area contributed by atoms with Crippen LogP contribution in [0.5, 0.6) is 5.75 Å². The van der Waals surface area contributed by atoms with Crippen LogP contribution in [0.2, 0.25) is 5.02 Å². The first-order valence-electron chi connectivity index (χ1n) is 21.8. The van der Waals surface area contributed by atoms with Gasteiger partial charge in [0.1, 0.15) is 24.1 Å². The van der Waals surface area contributed by atoms with Crippen molar-refractivity contribution in [1.82, 2.24) is 36.1 Å². The minimum Gasteiger partial charge on any atom is -0.494 e. The van der Waals surface area contributed by atoms with Crippen LogP contribution in [0.3, 0.4) is 0 Å². The summed E-state index contributed by atoms with van der Waals surface area (Å²) in [6.07, 6.45) is 0.706. The number of ether oxygens (including phenoxy) is 2. The van der Waals surface area contributed by atoms with Crippen molar-refractivity contribution in [2.24, 2.45) is 5.92 Å². The largest absolute Gasteiger partial charge is 0.494 e. The lowest BCUT2D eigenvalue weighted by molar-refractivity contribution is -0.133. The number of amides is 5. The second kappa shape index (κ2) is 22.9. The van der Waals surface area contributed by atoms with E-state index in [-0.39, 0.29) is 75.7 Å². The maximum atomic E-state index is 14.0. The van der Waals surface area contributed by atoms with Gasteiger partial charge in [0, 0.05) is 62.3 Å². The minimum absolute atomic E-state index is 0.00938. The number of nitrogens with zero attached hydrogens (tertiary/aromatic N) is 3. The summed E-state index contributed by atoms with van der Waals surface area (Å²) >= 11 is 5.97. The average molecular weight is 916 g/mol. The Bertz CT molecular complexity index is 2230. The quantitative estimate of drug-likeness (QED) is 0.0751. The van der Waals surface area contributed by atoms with Crippen LogP contribution in [0, 0.1) is 5.92 Å². The molecule has 8 atom stereocenters. The second-order valence-corrected chi connectivity index (χ2v) is 17.1. The Morgan fingerprint density at radius 3 is 2.23 bits per heavy atom. The highest BCUT2D eigenvalue weighted by Crippen LogP contribution is 2.27. The average Bonchev–Trinajstić information content (AvgIpc) is 4.08. The van der Waals surface area contributed by atoms with E-state index in [1.165, 1.54) is 23.1 Å². The molecule has 2 saturated heterocycles. The van der Waals surface area contributed by atoms with Gasteiger partial charge < -0.3 is 50.3 Å². The van der Waals surface area contributed by atoms with Gasteiger partial charge in [0.15, 0.2) is 12.2 Å². The molecule has 3 heterocycles. The van der Waals surface area contributed by atoms with Crippen molar-refractivity contribution in [1.29, 1.82) is 0 Å². The zero-order chi connectivity index (χ0) is 46.6. The third kappa shape index (κ3) is 13.4. The van der Waals surface area contributed by atoms with Gasteiger partial charge in [-0.2, -0.15) is 0 Å². The predicted molar refractivity (Wildman–Crippen MR) is 240 cm³/mol. The Labute approximate surface area is 383 Å². The lowest BCUT2D eigenvalue weighted by atomic mass is 10.0. The summed E-state index contributed by atoms with van der Waals surface area (Å²) in [5, 5.41) is 33.7. The highest BCUT2D eigenvalue weighted by Gasteiger charge is 2.43. The molecule has 18 heteroatoms. The Kier molecular flexibility index (Phi) is 17.1. The molecule has 4 aromatic rings. The summed E-state index contributed by atoms with van der Waals surface area (Å²) in [6, 6.07) is 17.7. The number of aromatic nitrogens is 1. The minimum atomic E-state index is -1.34. The van der Waals surface area contributed by atoms with Crippen molar-refractivity contribution < 1.29 is 48.1 Å². The molecular weight excluding hydrogens is 858 g/mol. The second-order valence-electron chi connectivity index (χ2n) is 16.7. The smallest absolute Gasteiger partial charge is 0.254 e. The van der Waals surface area contributed by atoms with Crippen LogP contribution in [0.25, 0.3) is 11.3 Å². The Hall–Kier alpha value is -5.85. The van der Waals surface area contributed by atoms with Crippen LogP contribution in [-0.4, -0.2) is 123 Å². The van der Waals surface area contributed by atoms with Crippen LogP contribution < -0.4 is 26.0 Å². The molecule has 2 aliphatic heterocycles. The van der Waals surface area contributed by atoms with Crippen molar-refractivity contribution in [3.8, 4) is 17.1 Å². The van der Waals surface area contributed by atoms with E-state index in [1.807, 2.05) is 38.1 Å². The summed E-state index contributed by atoms with van der Waals surface area (Å²) in [5.41, 5.74) is 2.87. The summed E-state index contributed by atoms with van der Waals surface area (Å²) < 4.78 is 17.3. The van der Waals surface area contributed by atoms with Crippen molar-refractivity contribution in [3.05, 3.63) is 107 Å². The fourth-order valence-electron chi connectivity index (χ4n) is 8.13. The highest BCUT2D eigenvalue weighted by atomic mass is 35.5. The third-order valence-electron chi connectivity index (χ3n) is 11.5. The lowest BCUT2D eigenvalue weighted by Gasteiger charge is -2.33. The van der Waals surface area contributed by atoms with Gasteiger partial charge in [-0.1, -0.05) is 61.0 Å². The van der Waals surface area contributed by atoms with Gasteiger partial charge in [-0.05, 0) is 74.1 Å². The van der Waals surface area contributed by atoms with Gasteiger partial charge in [0.2, 0.25) is 23.6 Å². The maximum absolute atomic E-state index is 14.0. The van der Waals surface area contributed by atoms with Crippen molar-refractivity contribution in [2.75, 3.05) is 26.3 Å². The molecule has 5 amide bonds. The van der Waals surface area contributed by atoms with Crippen LogP contribution in [0.1, 0.15) is 68.4 Å². The van der Waals surface area contributed by atoms with E-state index in [1.54, 1.807) is 61.7 Å². The number of carbonyl (C=O) groups is 5. The molecule has 0 radical (unpaired) electrons. The van der Waals surface area contributed by atoms with E-state index in [2.05, 4.69) is 26.3 Å². The number of benzene rings is 3. The molecule has 348 valence electrons. The molecule has 0 bridgehead atoms. The van der Waals surface area contributed by atoms with E-state index < -0.39 is 54.4 Å². The van der Waals surface area contributed by atoms with E-state index in [0.717, 1.165) is 16.7 Å². The zero-order valence-electron chi connectivity index (χ0n) is 36.9. The standard InChI is InChI=1S/C47H58ClN7O10/c1-5-63-37-8-6-7-34(18-37)47(62)55-25-38(20-41(55)45(60)51-21-31-9-13-33(14-10-31)42-23-49-27-65-42)64-26-28(2)17-39(53-30(4)56)43(58)52-29(3)46(61)54-24-36(57)19-40(54)44(59)50-22-32-11-15-35(48)16-12-32/h6-16,18,23,27-29,36,38-41,46,57,61H,5,17,19-22,24-26H2,1-4H3,(H,50,59)(H,51,60)(H,52,58)(H,53,56)/t28?,29-,36+,38+,39-,40-,41-,46?/m0/s1. The van der Waals surface area contributed by atoms with Crippen LogP contribution >= 0.6 is 11.6 Å². The topological polar surface area (TPSA) is 225 Å². The lowest BCUT2D eigenvalue weighted by Crippen LogP contribution is -2.57. The third-order valence-corrected chi connectivity index (χ3v) is 11.7. The maximum Gasteiger partial charge on any atom is 0.254 e. The van der Waals surface area contributed by atoms with Crippen LogP contribution in [-0.2, 0) is 37.0 Å². The van der Waals surface area contributed by atoms with Crippen LogP contribution in [0.15, 0.2) is 89.8 Å². The SMILES string of the molecule is CCOc1cccc(C(=O)N2C[C@H](OCC(C)C[C@H](NC(C)=O)C(=O)N[C@@H](C)C(O)N3C[C@H](O)C[C@H]3C(=O)NCc3ccc(Cl)cc3)C[C@H]2C(=O)NCc2ccc(-c3cnco3)cc2)c1. The van der Waals surface area contributed by atoms with Crippen molar-refractivity contribution >= 4 is 41.1 Å². The van der Waals surface area contributed by atoms with E-state index in [9.17, 15) is 34.2 Å².